The summed E-state index contributed by atoms with van der Waals surface area (Å²) in [6, 6.07) is 10.5. The molecule has 1 aliphatic rings. The first-order valence-corrected chi connectivity index (χ1v) is 9.53. The molecule has 0 saturated carbocycles. The van der Waals surface area contributed by atoms with Gasteiger partial charge in [0.25, 0.3) is 0 Å². The highest BCUT2D eigenvalue weighted by Gasteiger charge is 2.14. The van der Waals surface area contributed by atoms with Crippen molar-refractivity contribution < 1.29 is 4.74 Å². The number of piperazine rings is 1. The van der Waals surface area contributed by atoms with Crippen LogP contribution in [0.5, 0.6) is 0 Å². The van der Waals surface area contributed by atoms with Crippen molar-refractivity contribution in [1.82, 2.24) is 14.9 Å². The van der Waals surface area contributed by atoms with Gasteiger partial charge in [0.15, 0.2) is 0 Å². The summed E-state index contributed by atoms with van der Waals surface area (Å²) in [6.07, 6.45) is 0.921. The highest BCUT2D eigenvalue weighted by atomic mass is 16.5. The predicted molar refractivity (Wildman–Crippen MR) is 111 cm³/mol. The Morgan fingerprint density at radius 1 is 1.07 bits per heavy atom. The number of benzene rings is 1. The number of aromatic nitrogens is 2. The Labute approximate surface area is 161 Å². The molecule has 0 bridgehead atoms. The second-order valence-corrected chi connectivity index (χ2v) is 6.95. The minimum Gasteiger partial charge on any atom is -0.385 e. The second-order valence-electron chi connectivity index (χ2n) is 6.95. The van der Waals surface area contributed by atoms with Gasteiger partial charge in [-0.3, -0.25) is 0 Å². The van der Waals surface area contributed by atoms with E-state index < -0.39 is 0 Å². The summed E-state index contributed by atoms with van der Waals surface area (Å²) >= 11 is 0. The molecule has 3 rings (SSSR count). The summed E-state index contributed by atoms with van der Waals surface area (Å²) in [5, 5.41) is 6.63. The van der Waals surface area contributed by atoms with E-state index in [1.54, 1.807) is 7.11 Å². The molecule has 146 valence electrons. The van der Waals surface area contributed by atoms with Gasteiger partial charge in [-0.1, -0.05) is 0 Å². The number of rotatable bonds is 8. The Morgan fingerprint density at radius 3 is 2.52 bits per heavy atom. The fourth-order valence-corrected chi connectivity index (χ4v) is 3.10. The largest absolute Gasteiger partial charge is 0.385 e. The topological polar surface area (TPSA) is 65.6 Å². The molecular weight excluding hydrogens is 340 g/mol. The first-order chi connectivity index (χ1) is 13.1. The molecule has 7 nitrogen and oxygen atoms in total. The summed E-state index contributed by atoms with van der Waals surface area (Å²) in [6.45, 7) is 7.86. The number of anilines is 4. The zero-order chi connectivity index (χ0) is 19.1. The molecule has 1 aromatic carbocycles. The number of ether oxygens (including phenoxy) is 1. The van der Waals surface area contributed by atoms with Crippen molar-refractivity contribution in [2.45, 2.75) is 13.3 Å². The van der Waals surface area contributed by atoms with Gasteiger partial charge in [0.1, 0.15) is 5.82 Å². The van der Waals surface area contributed by atoms with E-state index in [-0.39, 0.29) is 0 Å². The van der Waals surface area contributed by atoms with Gasteiger partial charge in [0.05, 0.1) is 0 Å². The fourth-order valence-electron chi connectivity index (χ4n) is 3.10. The zero-order valence-electron chi connectivity index (χ0n) is 16.5. The molecule has 2 heterocycles. The number of nitrogens with zero attached hydrogens (tertiary/aromatic N) is 4. The molecule has 1 aromatic heterocycles. The van der Waals surface area contributed by atoms with Gasteiger partial charge in [-0.05, 0) is 44.7 Å². The van der Waals surface area contributed by atoms with E-state index in [9.17, 15) is 0 Å². The lowest BCUT2D eigenvalue weighted by atomic mass is 10.2. The lowest BCUT2D eigenvalue weighted by Gasteiger charge is -2.34. The monoisotopic (exact) mass is 370 g/mol. The van der Waals surface area contributed by atoms with Gasteiger partial charge in [0, 0.05) is 69.6 Å². The smallest absolute Gasteiger partial charge is 0.224 e. The van der Waals surface area contributed by atoms with E-state index in [1.807, 2.05) is 13.0 Å². The van der Waals surface area contributed by atoms with Crippen LogP contribution >= 0.6 is 0 Å². The first kappa shape index (κ1) is 19.4. The Morgan fingerprint density at radius 2 is 1.81 bits per heavy atom. The lowest BCUT2D eigenvalue weighted by Crippen LogP contribution is -2.44. The number of methoxy groups -OCH3 is 1. The molecule has 27 heavy (non-hydrogen) atoms. The quantitative estimate of drug-likeness (QED) is 0.693. The summed E-state index contributed by atoms with van der Waals surface area (Å²) in [4.78, 5) is 13.8. The van der Waals surface area contributed by atoms with Crippen molar-refractivity contribution >= 4 is 23.1 Å². The summed E-state index contributed by atoms with van der Waals surface area (Å²) in [5.74, 6) is 1.44. The van der Waals surface area contributed by atoms with Crippen LogP contribution in [-0.2, 0) is 4.74 Å². The Bertz CT molecular complexity index is 713. The number of nitrogens with one attached hydrogen (secondary N) is 2. The van der Waals surface area contributed by atoms with Crippen LogP contribution in [0.1, 0.15) is 12.1 Å². The molecule has 1 fully saturated rings. The van der Waals surface area contributed by atoms with Gasteiger partial charge in [-0.2, -0.15) is 4.98 Å². The van der Waals surface area contributed by atoms with Crippen LogP contribution in [-0.4, -0.2) is 68.4 Å². The van der Waals surface area contributed by atoms with Crippen molar-refractivity contribution in [3.05, 3.63) is 36.0 Å². The lowest BCUT2D eigenvalue weighted by molar-refractivity contribution is 0.197. The molecule has 0 atom stereocenters. The molecule has 1 aliphatic heterocycles. The number of likely N-dealkylation sites (N-methyl/N-ethyl adjacent to an activating group) is 1. The van der Waals surface area contributed by atoms with Crippen LogP contribution in [0, 0.1) is 6.92 Å². The minimum absolute atomic E-state index is 0.641. The number of hydrogen-bond acceptors (Lipinski definition) is 7. The van der Waals surface area contributed by atoms with Crippen LogP contribution in [0.15, 0.2) is 30.3 Å². The predicted octanol–water partition coefficient (Wildman–Crippen LogP) is 2.73. The maximum atomic E-state index is 5.07. The molecule has 1 saturated heterocycles. The average molecular weight is 371 g/mol. The molecule has 0 aliphatic carbocycles. The van der Waals surface area contributed by atoms with Crippen molar-refractivity contribution in [3.8, 4) is 0 Å². The van der Waals surface area contributed by atoms with Crippen molar-refractivity contribution in [2.24, 2.45) is 0 Å². The maximum absolute atomic E-state index is 5.07. The molecule has 2 aromatic rings. The third-order valence-electron chi connectivity index (χ3n) is 4.67. The van der Waals surface area contributed by atoms with Gasteiger partial charge in [-0.15, -0.1) is 0 Å². The van der Waals surface area contributed by atoms with Crippen LogP contribution in [0.3, 0.4) is 0 Å². The SMILES string of the molecule is COCCCNc1nc(C)cc(Nc2ccc(N3CCN(C)CC3)cc2)n1. The van der Waals surface area contributed by atoms with Crippen molar-refractivity contribution in [1.29, 1.82) is 0 Å². The van der Waals surface area contributed by atoms with Gasteiger partial charge >= 0.3 is 0 Å². The second kappa shape index (κ2) is 9.53. The van der Waals surface area contributed by atoms with Crippen molar-refractivity contribution in [2.75, 3.05) is 69.0 Å². The van der Waals surface area contributed by atoms with E-state index in [1.165, 1.54) is 5.69 Å². The average Bonchev–Trinajstić information content (AvgIpc) is 2.66. The van der Waals surface area contributed by atoms with Crippen LogP contribution in [0.4, 0.5) is 23.1 Å². The van der Waals surface area contributed by atoms with E-state index >= 15 is 0 Å². The standard InChI is InChI=1S/C20H30N6O/c1-16-15-19(24-20(22-16)21-9-4-14-27-3)23-17-5-7-18(8-6-17)26-12-10-25(2)11-13-26/h5-8,15H,4,9-14H2,1-3H3,(H2,21,22,23,24). The maximum Gasteiger partial charge on any atom is 0.224 e. The first-order valence-electron chi connectivity index (χ1n) is 9.53. The van der Waals surface area contributed by atoms with Crippen molar-refractivity contribution in [3.63, 3.8) is 0 Å². The highest BCUT2D eigenvalue weighted by Crippen LogP contribution is 2.22. The van der Waals surface area contributed by atoms with Gasteiger partial charge < -0.3 is 25.2 Å². The Balaban J connectivity index is 1.60. The number of aryl methyl sites for hydroxylation is 1. The third-order valence-corrected chi connectivity index (χ3v) is 4.67. The molecule has 0 spiro atoms. The summed E-state index contributed by atoms with van der Waals surface area (Å²) in [7, 11) is 3.88. The zero-order valence-corrected chi connectivity index (χ0v) is 16.5. The molecule has 0 radical (unpaired) electrons. The number of hydrogen-bond donors (Lipinski definition) is 2. The third kappa shape index (κ3) is 5.80. The van der Waals surface area contributed by atoms with Crippen LogP contribution in [0.2, 0.25) is 0 Å². The van der Waals surface area contributed by atoms with Crippen LogP contribution < -0.4 is 15.5 Å². The molecule has 7 heteroatoms. The van der Waals surface area contributed by atoms with Gasteiger partial charge in [-0.25, -0.2) is 4.98 Å². The van der Waals surface area contributed by atoms with Crippen LogP contribution in [0.25, 0.3) is 0 Å². The van der Waals surface area contributed by atoms with E-state index in [4.69, 9.17) is 4.74 Å². The Kier molecular flexibility index (Phi) is 6.84. The van der Waals surface area contributed by atoms with E-state index in [0.717, 1.165) is 63.0 Å². The molecule has 0 amide bonds. The van der Waals surface area contributed by atoms with E-state index in [0.29, 0.717) is 5.95 Å². The molecule has 2 N–H and O–H groups in total. The Hall–Kier alpha value is -2.38. The minimum atomic E-state index is 0.641. The van der Waals surface area contributed by atoms with Gasteiger partial charge in [0.2, 0.25) is 5.95 Å². The molecular formula is C20H30N6O. The fraction of sp³-hybridized carbons (Fsp3) is 0.500. The van der Waals surface area contributed by atoms with E-state index in [2.05, 4.69) is 61.7 Å². The highest BCUT2D eigenvalue weighted by molar-refractivity contribution is 5.61. The summed E-state index contributed by atoms with van der Waals surface area (Å²) < 4.78 is 5.07. The normalized spacial score (nSPS) is 15.0. The summed E-state index contributed by atoms with van der Waals surface area (Å²) in [5.41, 5.74) is 3.22. The molecule has 0 unspecified atom stereocenters.